The van der Waals surface area contributed by atoms with E-state index in [0.717, 1.165) is 22.9 Å². The number of anilines is 1. The second kappa shape index (κ2) is 8.35. The summed E-state index contributed by atoms with van der Waals surface area (Å²) in [5, 5.41) is 0. The summed E-state index contributed by atoms with van der Waals surface area (Å²) in [5.74, 6) is -0.830. The van der Waals surface area contributed by atoms with Crippen LogP contribution in [0.15, 0.2) is 42.5 Å². The molecule has 1 atom stereocenters. The van der Waals surface area contributed by atoms with E-state index in [0.29, 0.717) is 11.3 Å². The van der Waals surface area contributed by atoms with Crippen LogP contribution in [0.2, 0.25) is 0 Å². The Morgan fingerprint density at radius 1 is 1.04 bits per heavy atom. The van der Waals surface area contributed by atoms with E-state index >= 15 is 0 Å². The summed E-state index contributed by atoms with van der Waals surface area (Å²) in [7, 11) is -3.38. The van der Waals surface area contributed by atoms with Crippen LogP contribution in [0, 0.1) is 13.8 Å². The Balaban J connectivity index is 1.98. The zero-order chi connectivity index (χ0) is 20.2. The number of sulfonamides is 1. The molecule has 0 heterocycles. The third-order valence-corrected chi connectivity index (χ3v) is 4.68. The fraction of sp³-hybridized carbons (Fsp3) is 0.300. The molecule has 0 spiro atoms. The Morgan fingerprint density at radius 2 is 1.67 bits per heavy atom. The minimum atomic E-state index is -3.38. The van der Waals surface area contributed by atoms with Gasteiger partial charge < -0.3 is 4.74 Å². The zero-order valence-corrected chi connectivity index (χ0v) is 16.6. The highest BCUT2D eigenvalue weighted by Crippen LogP contribution is 2.15. The first-order valence-electron chi connectivity index (χ1n) is 8.43. The Hall–Kier alpha value is -2.67. The molecule has 0 fully saturated rings. The average Bonchev–Trinajstić information content (AvgIpc) is 2.56. The van der Waals surface area contributed by atoms with Crippen molar-refractivity contribution in [2.75, 3.05) is 11.0 Å². The summed E-state index contributed by atoms with van der Waals surface area (Å²) in [6.45, 7) is 5.48. The number of hydrogen-bond acceptors (Lipinski definition) is 5. The van der Waals surface area contributed by atoms with E-state index in [4.69, 9.17) is 4.74 Å². The first kappa shape index (κ1) is 20.6. The number of hydrogen-bond donors (Lipinski definition) is 1. The predicted octanol–water partition coefficient (Wildman–Crippen LogP) is 3.03. The number of benzene rings is 2. The van der Waals surface area contributed by atoms with Crippen molar-refractivity contribution in [3.63, 3.8) is 0 Å². The van der Waals surface area contributed by atoms with Gasteiger partial charge in [-0.15, -0.1) is 0 Å². The summed E-state index contributed by atoms with van der Waals surface area (Å²) in [6, 6.07) is 11.7. The smallest absolute Gasteiger partial charge is 0.310 e. The van der Waals surface area contributed by atoms with Crippen LogP contribution >= 0.6 is 0 Å². The summed E-state index contributed by atoms with van der Waals surface area (Å²) in [5.41, 5.74) is 3.75. The molecular weight excluding hydrogens is 366 g/mol. The molecule has 0 saturated carbocycles. The van der Waals surface area contributed by atoms with Gasteiger partial charge in [0.15, 0.2) is 6.10 Å². The lowest BCUT2D eigenvalue weighted by atomic mass is 10.0. The number of esters is 1. The zero-order valence-electron chi connectivity index (χ0n) is 15.8. The van der Waals surface area contributed by atoms with Crippen LogP contribution in [-0.4, -0.2) is 32.5 Å². The molecule has 2 aromatic carbocycles. The lowest BCUT2D eigenvalue weighted by Crippen LogP contribution is -2.25. The fourth-order valence-corrected chi connectivity index (χ4v) is 3.09. The number of rotatable bonds is 7. The Bertz CT molecular complexity index is 949. The van der Waals surface area contributed by atoms with Crippen molar-refractivity contribution in [3.05, 3.63) is 64.7 Å². The minimum Gasteiger partial charge on any atom is -0.454 e. The molecule has 0 aliphatic rings. The van der Waals surface area contributed by atoms with Crippen LogP contribution in [0.5, 0.6) is 0 Å². The monoisotopic (exact) mass is 389 g/mol. The molecule has 6 nitrogen and oxygen atoms in total. The molecule has 1 N–H and O–H groups in total. The Labute approximate surface area is 159 Å². The van der Waals surface area contributed by atoms with Crippen molar-refractivity contribution in [1.82, 2.24) is 0 Å². The van der Waals surface area contributed by atoms with Gasteiger partial charge in [-0.1, -0.05) is 18.2 Å². The summed E-state index contributed by atoms with van der Waals surface area (Å²) < 4.78 is 30.0. The van der Waals surface area contributed by atoms with Gasteiger partial charge in [-0.25, -0.2) is 8.42 Å². The molecule has 0 bridgehead atoms. The lowest BCUT2D eigenvalue weighted by molar-refractivity contribution is -0.145. The molecule has 0 aliphatic carbocycles. The van der Waals surface area contributed by atoms with Crippen molar-refractivity contribution in [2.24, 2.45) is 0 Å². The van der Waals surface area contributed by atoms with Crippen LogP contribution in [0.4, 0.5) is 5.69 Å². The van der Waals surface area contributed by atoms with Gasteiger partial charge in [0.25, 0.3) is 0 Å². The molecule has 2 aromatic rings. The van der Waals surface area contributed by atoms with Gasteiger partial charge in [0.05, 0.1) is 12.7 Å². The summed E-state index contributed by atoms with van der Waals surface area (Å²) in [6.07, 6.45) is 0.205. The quantitative estimate of drug-likeness (QED) is 0.581. The molecule has 0 saturated heterocycles. The lowest BCUT2D eigenvalue weighted by Gasteiger charge is -2.13. The summed E-state index contributed by atoms with van der Waals surface area (Å²) in [4.78, 5) is 24.5. The largest absolute Gasteiger partial charge is 0.454 e. The fourth-order valence-electron chi connectivity index (χ4n) is 2.52. The van der Waals surface area contributed by atoms with E-state index in [1.807, 2.05) is 32.0 Å². The number of nitrogens with one attached hydrogen (secondary N) is 1. The van der Waals surface area contributed by atoms with Crippen LogP contribution in [0.25, 0.3) is 0 Å². The topological polar surface area (TPSA) is 89.5 Å². The highest BCUT2D eigenvalue weighted by atomic mass is 32.2. The number of ether oxygens (including phenoxy) is 1. The third kappa shape index (κ3) is 6.21. The first-order chi connectivity index (χ1) is 12.5. The van der Waals surface area contributed by atoms with Crippen LogP contribution in [-0.2, 0) is 26.0 Å². The third-order valence-electron chi connectivity index (χ3n) is 4.07. The molecular formula is C20H23NO5S. The van der Waals surface area contributed by atoms with Crippen molar-refractivity contribution in [3.8, 4) is 0 Å². The number of carbonyl (C=O) groups excluding carboxylic acids is 2. The number of ketones is 1. The molecule has 2 rings (SSSR count). The Kier molecular flexibility index (Phi) is 6.38. The van der Waals surface area contributed by atoms with Crippen molar-refractivity contribution < 1.29 is 22.7 Å². The minimum absolute atomic E-state index is 0.0932. The van der Waals surface area contributed by atoms with E-state index in [9.17, 15) is 18.0 Å². The van der Waals surface area contributed by atoms with E-state index in [1.165, 1.54) is 31.2 Å². The number of aryl methyl sites for hydroxylation is 2. The average molecular weight is 389 g/mol. The van der Waals surface area contributed by atoms with Crippen LogP contribution in [0.3, 0.4) is 0 Å². The summed E-state index contributed by atoms with van der Waals surface area (Å²) >= 11 is 0. The van der Waals surface area contributed by atoms with Gasteiger partial charge in [0.1, 0.15) is 0 Å². The predicted molar refractivity (Wildman–Crippen MR) is 104 cm³/mol. The second-order valence-electron chi connectivity index (χ2n) is 6.54. The molecule has 144 valence electrons. The molecule has 0 radical (unpaired) electrons. The van der Waals surface area contributed by atoms with Gasteiger partial charge in [-0.05, 0) is 61.7 Å². The molecule has 27 heavy (non-hydrogen) atoms. The van der Waals surface area contributed by atoms with Crippen LogP contribution < -0.4 is 4.72 Å². The standard InChI is InChI=1S/C20H23NO5S/c1-13-5-6-16(11-14(13)2)12-19(22)26-15(3)20(23)17-7-9-18(10-8-17)21-27(4,24)25/h5-11,15,21H,12H2,1-4H3/t15-/m1/s1. The van der Waals surface area contributed by atoms with Gasteiger partial charge in [0, 0.05) is 11.3 Å². The molecule has 0 aromatic heterocycles. The highest BCUT2D eigenvalue weighted by Gasteiger charge is 2.20. The number of carbonyl (C=O) groups is 2. The second-order valence-corrected chi connectivity index (χ2v) is 8.29. The first-order valence-corrected chi connectivity index (χ1v) is 10.3. The van der Waals surface area contributed by atoms with E-state index in [1.54, 1.807) is 0 Å². The SMILES string of the molecule is Cc1ccc(CC(=O)O[C@H](C)C(=O)c2ccc(NS(C)(=O)=O)cc2)cc1C. The van der Waals surface area contributed by atoms with E-state index in [-0.39, 0.29) is 12.2 Å². The van der Waals surface area contributed by atoms with Gasteiger partial charge in [0.2, 0.25) is 15.8 Å². The van der Waals surface area contributed by atoms with Crippen LogP contribution in [0.1, 0.15) is 34.0 Å². The molecule has 0 unspecified atom stereocenters. The van der Waals surface area contributed by atoms with Crippen molar-refractivity contribution >= 4 is 27.5 Å². The highest BCUT2D eigenvalue weighted by molar-refractivity contribution is 7.92. The molecule has 0 aliphatic heterocycles. The van der Waals surface area contributed by atoms with E-state index in [2.05, 4.69) is 4.72 Å². The molecule has 0 amide bonds. The Morgan fingerprint density at radius 3 is 2.22 bits per heavy atom. The van der Waals surface area contributed by atoms with E-state index < -0.39 is 22.1 Å². The van der Waals surface area contributed by atoms with Crippen molar-refractivity contribution in [2.45, 2.75) is 33.3 Å². The maximum atomic E-state index is 12.4. The normalized spacial score (nSPS) is 12.3. The van der Waals surface area contributed by atoms with Crippen molar-refractivity contribution in [1.29, 1.82) is 0 Å². The molecule has 7 heteroatoms. The van der Waals surface area contributed by atoms with Gasteiger partial charge in [-0.3, -0.25) is 14.3 Å². The van der Waals surface area contributed by atoms with Gasteiger partial charge in [-0.2, -0.15) is 0 Å². The number of Topliss-reactive ketones (excluding diaryl/α,β-unsaturated/α-hetero) is 1. The maximum Gasteiger partial charge on any atom is 0.310 e. The maximum absolute atomic E-state index is 12.4. The van der Waals surface area contributed by atoms with Gasteiger partial charge >= 0.3 is 5.97 Å².